The lowest BCUT2D eigenvalue weighted by atomic mass is 10.1. The van der Waals surface area contributed by atoms with Gasteiger partial charge in [-0.1, -0.05) is 17.7 Å². The molecule has 0 atom stereocenters. The summed E-state index contributed by atoms with van der Waals surface area (Å²) in [5, 5.41) is 4.80. The van der Waals surface area contributed by atoms with E-state index in [0.717, 1.165) is 18.8 Å². The Morgan fingerprint density at radius 1 is 1.18 bits per heavy atom. The zero-order valence-corrected chi connectivity index (χ0v) is 10.8. The van der Waals surface area contributed by atoms with Gasteiger partial charge in [-0.25, -0.2) is 13.6 Å². The highest BCUT2D eigenvalue weighted by Gasteiger charge is 2.27. The molecule has 0 aromatic heterocycles. The molecule has 0 unspecified atom stereocenters. The highest BCUT2D eigenvalue weighted by Crippen LogP contribution is 2.22. The molecule has 17 heavy (non-hydrogen) atoms. The van der Waals surface area contributed by atoms with Gasteiger partial charge in [-0.15, -0.1) is 0 Å². The van der Waals surface area contributed by atoms with Crippen molar-refractivity contribution in [1.29, 1.82) is 0 Å². The minimum atomic E-state index is -3.36. The number of anilines is 1. The summed E-state index contributed by atoms with van der Waals surface area (Å²) in [7, 11) is -3.36. The molecular formula is C12H18N2O2S. The molecule has 1 aromatic carbocycles. The number of aryl methyl sites for hydroxylation is 1. The van der Waals surface area contributed by atoms with E-state index in [1.807, 2.05) is 0 Å². The minimum absolute atomic E-state index is 0.371. The first-order chi connectivity index (χ1) is 7.97. The summed E-state index contributed by atoms with van der Waals surface area (Å²) >= 11 is 0. The van der Waals surface area contributed by atoms with Crippen molar-refractivity contribution in [2.45, 2.75) is 25.0 Å². The van der Waals surface area contributed by atoms with E-state index < -0.39 is 10.0 Å². The lowest BCUT2D eigenvalue weighted by Crippen LogP contribution is -2.41. The van der Waals surface area contributed by atoms with Crippen molar-refractivity contribution in [3.05, 3.63) is 29.8 Å². The molecule has 1 saturated heterocycles. The van der Waals surface area contributed by atoms with Crippen LogP contribution in [0.25, 0.3) is 0 Å². The summed E-state index contributed by atoms with van der Waals surface area (Å²) in [5.41, 5.74) is 2.39. The van der Waals surface area contributed by atoms with Gasteiger partial charge in [0.15, 0.2) is 0 Å². The van der Waals surface area contributed by atoms with E-state index in [4.69, 9.17) is 5.14 Å². The predicted molar refractivity (Wildman–Crippen MR) is 69.5 cm³/mol. The number of nitrogens with two attached hydrogens (primary N) is 1. The molecule has 1 heterocycles. The maximum absolute atomic E-state index is 11.2. The Hall–Kier alpha value is -1.07. The molecule has 0 aliphatic carbocycles. The number of rotatable bonds is 2. The van der Waals surface area contributed by atoms with Crippen molar-refractivity contribution in [3.8, 4) is 0 Å². The molecule has 2 N–H and O–H groups in total. The fourth-order valence-electron chi connectivity index (χ4n) is 2.20. The minimum Gasteiger partial charge on any atom is -0.371 e. The van der Waals surface area contributed by atoms with E-state index in [0.29, 0.717) is 12.8 Å². The van der Waals surface area contributed by atoms with Crippen LogP contribution in [-0.4, -0.2) is 26.8 Å². The molecule has 0 amide bonds. The smallest absolute Gasteiger partial charge is 0.212 e. The quantitative estimate of drug-likeness (QED) is 0.864. The van der Waals surface area contributed by atoms with E-state index in [9.17, 15) is 8.42 Å². The van der Waals surface area contributed by atoms with Gasteiger partial charge in [0.1, 0.15) is 0 Å². The van der Waals surface area contributed by atoms with Crippen LogP contribution in [0.3, 0.4) is 0 Å². The normalized spacial score (nSPS) is 18.4. The Morgan fingerprint density at radius 3 is 2.18 bits per heavy atom. The number of hydrogen-bond acceptors (Lipinski definition) is 3. The van der Waals surface area contributed by atoms with Crippen molar-refractivity contribution in [2.75, 3.05) is 18.0 Å². The molecule has 4 nitrogen and oxygen atoms in total. The van der Waals surface area contributed by atoms with Gasteiger partial charge >= 0.3 is 0 Å². The number of piperidine rings is 1. The molecule has 0 spiro atoms. The van der Waals surface area contributed by atoms with Gasteiger partial charge in [0, 0.05) is 18.8 Å². The molecule has 1 aromatic rings. The molecule has 0 bridgehead atoms. The van der Waals surface area contributed by atoms with Crippen LogP contribution in [0, 0.1) is 6.92 Å². The van der Waals surface area contributed by atoms with E-state index >= 15 is 0 Å². The largest absolute Gasteiger partial charge is 0.371 e. The molecule has 1 aliphatic rings. The first-order valence-corrected chi connectivity index (χ1v) is 7.41. The van der Waals surface area contributed by atoms with Gasteiger partial charge in [-0.05, 0) is 31.9 Å². The van der Waals surface area contributed by atoms with Crippen LogP contribution in [0.2, 0.25) is 0 Å². The molecule has 0 radical (unpaired) electrons. The summed E-state index contributed by atoms with van der Waals surface area (Å²) in [4.78, 5) is 2.21. The molecule has 1 fully saturated rings. The Balaban J connectivity index is 2.02. The van der Waals surface area contributed by atoms with Crippen LogP contribution < -0.4 is 10.0 Å². The fraction of sp³-hybridized carbons (Fsp3) is 0.500. The molecule has 1 aliphatic heterocycles. The third-order valence-corrected chi connectivity index (χ3v) is 4.71. The van der Waals surface area contributed by atoms with Crippen LogP contribution in [0.4, 0.5) is 5.69 Å². The average molecular weight is 254 g/mol. The Bertz CT molecular complexity index is 474. The maximum Gasteiger partial charge on any atom is 0.212 e. The number of primary sulfonamides is 1. The monoisotopic (exact) mass is 254 g/mol. The lowest BCUT2D eigenvalue weighted by molar-refractivity contribution is 0.531. The average Bonchev–Trinajstić information content (AvgIpc) is 2.29. The summed E-state index contributed by atoms with van der Waals surface area (Å²) in [6.07, 6.45) is 1.24. The zero-order chi connectivity index (χ0) is 12.5. The van der Waals surface area contributed by atoms with E-state index in [1.54, 1.807) is 0 Å². The Kier molecular flexibility index (Phi) is 3.40. The first kappa shape index (κ1) is 12.4. The maximum atomic E-state index is 11.2. The SMILES string of the molecule is Cc1ccc(N2CCC(S(N)(=O)=O)CC2)cc1. The molecule has 0 saturated carbocycles. The first-order valence-electron chi connectivity index (χ1n) is 5.80. The molecular weight excluding hydrogens is 236 g/mol. The van der Waals surface area contributed by atoms with Crippen LogP contribution >= 0.6 is 0 Å². The molecule has 94 valence electrons. The summed E-state index contributed by atoms with van der Waals surface area (Å²) in [6.45, 7) is 3.56. The van der Waals surface area contributed by atoms with Crippen molar-refractivity contribution < 1.29 is 8.42 Å². The second-order valence-electron chi connectivity index (χ2n) is 4.61. The van der Waals surface area contributed by atoms with E-state index in [1.165, 1.54) is 5.56 Å². The zero-order valence-electron chi connectivity index (χ0n) is 9.96. The standard InChI is InChI=1S/C12H18N2O2S/c1-10-2-4-11(5-3-10)14-8-6-12(7-9-14)17(13,15)16/h2-5,12H,6-9H2,1H3,(H2,13,15,16). The van der Waals surface area contributed by atoms with Gasteiger partial charge in [0.25, 0.3) is 0 Å². The van der Waals surface area contributed by atoms with Gasteiger partial charge < -0.3 is 4.90 Å². The molecule has 2 rings (SSSR count). The van der Waals surface area contributed by atoms with Crippen molar-refractivity contribution in [3.63, 3.8) is 0 Å². The van der Waals surface area contributed by atoms with Crippen molar-refractivity contribution in [1.82, 2.24) is 0 Å². The van der Waals surface area contributed by atoms with Crippen LogP contribution in [-0.2, 0) is 10.0 Å². The highest BCUT2D eigenvalue weighted by atomic mass is 32.2. The Morgan fingerprint density at radius 2 is 1.71 bits per heavy atom. The van der Waals surface area contributed by atoms with Gasteiger partial charge in [0.05, 0.1) is 5.25 Å². The van der Waals surface area contributed by atoms with E-state index in [-0.39, 0.29) is 5.25 Å². The van der Waals surface area contributed by atoms with Crippen LogP contribution in [0.15, 0.2) is 24.3 Å². The summed E-state index contributed by atoms with van der Waals surface area (Å²) in [5.74, 6) is 0. The predicted octanol–water partition coefficient (Wildman–Crippen LogP) is 1.25. The fourth-order valence-corrected chi connectivity index (χ4v) is 3.07. The summed E-state index contributed by atoms with van der Waals surface area (Å²) in [6, 6.07) is 8.29. The third-order valence-electron chi connectivity index (χ3n) is 3.31. The third kappa shape index (κ3) is 2.98. The van der Waals surface area contributed by atoms with Gasteiger partial charge in [-0.3, -0.25) is 0 Å². The van der Waals surface area contributed by atoms with Gasteiger partial charge in [-0.2, -0.15) is 0 Å². The number of sulfonamides is 1. The van der Waals surface area contributed by atoms with E-state index in [2.05, 4.69) is 36.1 Å². The summed E-state index contributed by atoms with van der Waals surface area (Å²) < 4.78 is 22.5. The lowest BCUT2D eigenvalue weighted by Gasteiger charge is -2.32. The second-order valence-corrected chi connectivity index (χ2v) is 6.46. The second kappa shape index (κ2) is 4.66. The van der Waals surface area contributed by atoms with Crippen LogP contribution in [0.1, 0.15) is 18.4 Å². The topological polar surface area (TPSA) is 63.4 Å². The Labute approximate surface area is 102 Å². The van der Waals surface area contributed by atoms with Crippen molar-refractivity contribution in [2.24, 2.45) is 5.14 Å². The van der Waals surface area contributed by atoms with Crippen molar-refractivity contribution >= 4 is 15.7 Å². The van der Waals surface area contributed by atoms with Gasteiger partial charge in [0.2, 0.25) is 10.0 Å². The van der Waals surface area contributed by atoms with Crippen LogP contribution in [0.5, 0.6) is 0 Å². The molecule has 5 heteroatoms. The number of hydrogen-bond donors (Lipinski definition) is 1. The number of nitrogens with zero attached hydrogens (tertiary/aromatic N) is 1. The number of benzene rings is 1. The highest BCUT2D eigenvalue weighted by molar-refractivity contribution is 7.89.